The van der Waals surface area contributed by atoms with Crippen LogP contribution in [-0.4, -0.2) is 28.9 Å². The standard InChI is InChI=1S/C24H28N2O2/c27-18-26(21-15-16-21)17-7-12-20-11-6-13-22-24(20)28-23(25-22)14-5-4-10-19-8-2-1-3-9-19/h1-3,6,8-9,11,13,18,21H,4-5,7,10,12,14-17H2. The van der Waals surface area contributed by atoms with Crippen LogP contribution in [0.4, 0.5) is 0 Å². The summed E-state index contributed by atoms with van der Waals surface area (Å²) in [4.78, 5) is 17.8. The van der Waals surface area contributed by atoms with Crippen LogP contribution in [0.15, 0.2) is 52.9 Å². The molecular formula is C24H28N2O2. The highest BCUT2D eigenvalue weighted by Gasteiger charge is 2.27. The van der Waals surface area contributed by atoms with Gasteiger partial charge in [0.2, 0.25) is 6.41 Å². The van der Waals surface area contributed by atoms with Gasteiger partial charge in [-0.15, -0.1) is 0 Å². The molecule has 3 aromatic rings. The van der Waals surface area contributed by atoms with Crippen molar-refractivity contribution in [3.63, 3.8) is 0 Å². The van der Waals surface area contributed by atoms with Gasteiger partial charge in [0.15, 0.2) is 11.5 Å². The molecule has 1 aliphatic rings. The molecule has 28 heavy (non-hydrogen) atoms. The highest BCUT2D eigenvalue weighted by molar-refractivity contribution is 5.76. The molecule has 1 fully saturated rings. The van der Waals surface area contributed by atoms with Crippen LogP contribution in [-0.2, 0) is 24.1 Å². The van der Waals surface area contributed by atoms with Crippen LogP contribution in [0.5, 0.6) is 0 Å². The van der Waals surface area contributed by atoms with Gasteiger partial charge in [-0.1, -0.05) is 42.5 Å². The van der Waals surface area contributed by atoms with Gasteiger partial charge in [0.25, 0.3) is 0 Å². The molecular weight excluding hydrogens is 348 g/mol. The maximum Gasteiger partial charge on any atom is 0.209 e. The van der Waals surface area contributed by atoms with Crippen LogP contribution in [0.25, 0.3) is 11.1 Å². The summed E-state index contributed by atoms with van der Waals surface area (Å²) in [5, 5.41) is 0. The predicted octanol–water partition coefficient (Wildman–Crippen LogP) is 4.95. The largest absolute Gasteiger partial charge is 0.440 e. The Hall–Kier alpha value is -2.62. The molecule has 1 amide bonds. The van der Waals surface area contributed by atoms with E-state index in [2.05, 4.69) is 47.4 Å². The number of benzene rings is 2. The minimum Gasteiger partial charge on any atom is -0.440 e. The van der Waals surface area contributed by atoms with Gasteiger partial charge in [-0.05, 0) is 62.1 Å². The fourth-order valence-electron chi connectivity index (χ4n) is 3.79. The Morgan fingerprint density at radius 3 is 2.57 bits per heavy atom. The van der Waals surface area contributed by atoms with Crippen molar-refractivity contribution in [1.29, 1.82) is 0 Å². The fourth-order valence-corrected chi connectivity index (χ4v) is 3.79. The molecule has 0 bridgehead atoms. The molecule has 4 rings (SSSR count). The van der Waals surface area contributed by atoms with Gasteiger partial charge in [-0.3, -0.25) is 4.79 Å². The van der Waals surface area contributed by atoms with Gasteiger partial charge in [0.1, 0.15) is 5.52 Å². The van der Waals surface area contributed by atoms with E-state index in [0.29, 0.717) is 6.04 Å². The summed E-state index contributed by atoms with van der Waals surface area (Å²) in [7, 11) is 0. The van der Waals surface area contributed by atoms with E-state index >= 15 is 0 Å². The summed E-state index contributed by atoms with van der Waals surface area (Å²) in [5.74, 6) is 0.836. The lowest BCUT2D eigenvalue weighted by molar-refractivity contribution is -0.118. The number of carbonyl (C=O) groups is 1. The maximum atomic E-state index is 11.2. The smallest absolute Gasteiger partial charge is 0.209 e. The Morgan fingerprint density at radius 1 is 0.964 bits per heavy atom. The summed E-state index contributed by atoms with van der Waals surface area (Å²) in [6.45, 7) is 0.824. The van der Waals surface area contributed by atoms with E-state index in [4.69, 9.17) is 4.42 Å². The van der Waals surface area contributed by atoms with E-state index in [1.54, 1.807) is 0 Å². The number of unbranched alkanes of at least 4 members (excludes halogenated alkanes) is 1. The van der Waals surface area contributed by atoms with Gasteiger partial charge in [0.05, 0.1) is 0 Å². The van der Waals surface area contributed by atoms with E-state index in [1.807, 2.05) is 11.0 Å². The van der Waals surface area contributed by atoms with Crippen molar-refractivity contribution in [3.8, 4) is 0 Å². The second-order valence-corrected chi connectivity index (χ2v) is 7.74. The lowest BCUT2D eigenvalue weighted by atomic mass is 10.1. The lowest BCUT2D eigenvalue weighted by Gasteiger charge is -2.15. The average Bonchev–Trinajstić information content (AvgIpc) is 3.48. The molecule has 0 aliphatic heterocycles. The van der Waals surface area contributed by atoms with Crippen molar-refractivity contribution in [2.45, 2.75) is 57.4 Å². The van der Waals surface area contributed by atoms with Crippen molar-refractivity contribution < 1.29 is 9.21 Å². The second-order valence-electron chi connectivity index (χ2n) is 7.74. The normalized spacial score (nSPS) is 13.7. The first-order valence-corrected chi connectivity index (χ1v) is 10.5. The van der Waals surface area contributed by atoms with Crippen molar-refractivity contribution in [1.82, 2.24) is 9.88 Å². The average molecular weight is 377 g/mol. The van der Waals surface area contributed by atoms with Gasteiger partial charge >= 0.3 is 0 Å². The van der Waals surface area contributed by atoms with E-state index in [9.17, 15) is 4.79 Å². The van der Waals surface area contributed by atoms with E-state index in [0.717, 1.165) is 81.3 Å². The van der Waals surface area contributed by atoms with Crippen molar-refractivity contribution in [2.24, 2.45) is 0 Å². The van der Waals surface area contributed by atoms with Gasteiger partial charge in [0, 0.05) is 19.0 Å². The molecule has 0 unspecified atom stereocenters. The Kier molecular flexibility index (Phi) is 6.05. The molecule has 0 radical (unpaired) electrons. The summed E-state index contributed by atoms with van der Waals surface area (Å²) in [6.07, 6.45) is 9.37. The highest BCUT2D eigenvalue weighted by atomic mass is 16.3. The molecule has 0 spiro atoms. The number of nitrogens with zero attached hydrogens (tertiary/aromatic N) is 2. The molecule has 1 aliphatic carbocycles. The van der Waals surface area contributed by atoms with Gasteiger partial charge in [-0.2, -0.15) is 0 Å². The Labute approximate surface area is 166 Å². The quantitative estimate of drug-likeness (QED) is 0.351. The Morgan fingerprint density at radius 2 is 1.79 bits per heavy atom. The summed E-state index contributed by atoms with van der Waals surface area (Å²) >= 11 is 0. The Bertz CT molecular complexity index is 899. The summed E-state index contributed by atoms with van der Waals surface area (Å²) in [6, 6.07) is 17.3. The third-order valence-electron chi connectivity index (χ3n) is 5.50. The van der Waals surface area contributed by atoms with Crippen LogP contribution in [0.2, 0.25) is 0 Å². The van der Waals surface area contributed by atoms with E-state index < -0.39 is 0 Å². The van der Waals surface area contributed by atoms with Crippen LogP contribution in [0, 0.1) is 0 Å². The number of fused-ring (bicyclic) bond motifs is 1. The minimum absolute atomic E-state index is 0.487. The first-order chi connectivity index (χ1) is 13.8. The minimum atomic E-state index is 0.487. The zero-order valence-electron chi connectivity index (χ0n) is 16.3. The van der Waals surface area contributed by atoms with E-state index in [1.165, 1.54) is 11.1 Å². The van der Waals surface area contributed by atoms with E-state index in [-0.39, 0.29) is 0 Å². The number of hydrogen-bond donors (Lipinski definition) is 0. The number of carbonyl (C=O) groups excluding carboxylic acids is 1. The number of hydrogen-bond acceptors (Lipinski definition) is 3. The molecule has 0 saturated heterocycles. The van der Waals surface area contributed by atoms with Crippen LogP contribution >= 0.6 is 0 Å². The summed E-state index contributed by atoms with van der Waals surface area (Å²) in [5.41, 5.74) is 4.45. The SMILES string of the molecule is O=CN(CCCc1cccc2nc(CCCCc3ccccc3)oc12)C1CC1. The number of rotatable bonds is 11. The zero-order valence-corrected chi connectivity index (χ0v) is 16.3. The molecule has 4 heteroatoms. The number of aromatic nitrogens is 1. The topological polar surface area (TPSA) is 46.3 Å². The molecule has 146 valence electrons. The number of oxazole rings is 1. The van der Waals surface area contributed by atoms with Crippen LogP contribution in [0.1, 0.15) is 49.1 Å². The van der Waals surface area contributed by atoms with Crippen LogP contribution < -0.4 is 0 Å². The molecule has 2 aromatic carbocycles. The number of para-hydroxylation sites is 1. The third kappa shape index (κ3) is 4.80. The first kappa shape index (κ1) is 18.7. The third-order valence-corrected chi connectivity index (χ3v) is 5.50. The lowest BCUT2D eigenvalue weighted by Crippen LogP contribution is -2.25. The Balaban J connectivity index is 1.30. The van der Waals surface area contributed by atoms with Crippen LogP contribution in [0.3, 0.4) is 0 Å². The van der Waals surface area contributed by atoms with Crippen molar-refractivity contribution in [3.05, 3.63) is 65.5 Å². The second kappa shape index (κ2) is 9.05. The van der Waals surface area contributed by atoms with Gasteiger partial charge in [-0.25, -0.2) is 4.98 Å². The predicted molar refractivity (Wildman–Crippen MR) is 111 cm³/mol. The van der Waals surface area contributed by atoms with Gasteiger partial charge < -0.3 is 9.32 Å². The summed E-state index contributed by atoms with van der Waals surface area (Å²) < 4.78 is 6.10. The molecule has 1 aromatic heterocycles. The molecule has 4 nitrogen and oxygen atoms in total. The molecule has 0 atom stereocenters. The number of amides is 1. The molecule has 1 saturated carbocycles. The fraction of sp³-hybridized carbons (Fsp3) is 0.417. The van der Waals surface area contributed by atoms with Crippen molar-refractivity contribution in [2.75, 3.05) is 6.54 Å². The monoisotopic (exact) mass is 376 g/mol. The highest BCUT2D eigenvalue weighted by Crippen LogP contribution is 2.26. The number of aryl methyl sites for hydroxylation is 3. The molecule has 0 N–H and O–H groups in total. The molecule has 1 heterocycles. The maximum absolute atomic E-state index is 11.2. The first-order valence-electron chi connectivity index (χ1n) is 10.5. The zero-order chi connectivity index (χ0) is 19.2. The van der Waals surface area contributed by atoms with Crippen molar-refractivity contribution >= 4 is 17.5 Å².